The molecule has 1 amide bonds. The van der Waals surface area contributed by atoms with Gasteiger partial charge in [-0.15, -0.1) is 0 Å². The molecule has 0 unspecified atom stereocenters. The van der Waals surface area contributed by atoms with Crippen molar-refractivity contribution in [2.75, 3.05) is 17.2 Å². The van der Waals surface area contributed by atoms with Crippen molar-refractivity contribution in [3.05, 3.63) is 59.2 Å². The normalized spacial score (nSPS) is 13.3. The number of hydrogen-bond acceptors (Lipinski definition) is 2. The Balaban J connectivity index is 2.02. The third-order valence-electron chi connectivity index (χ3n) is 3.90. The maximum absolute atomic E-state index is 12.8. The highest BCUT2D eigenvalue weighted by Crippen LogP contribution is 2.34. The first-order valence-corrected chi connectivity index (χ1v) is 6.99. The summed E-state index contributed by atoms with van der Waals surface area (Å²) in [5.74, 6) is 0.0547. The second-order valence-electron chi connectivity index (χ2n) is 5.07. The fraction of sp³-hybridized carbons (Fsp3) is 0.235. The monoisotopic (exact) mass is 266 g/mol. The van der Waals surface area contributed by atoms with Crippen molar-refractivity contribution in [3.8, 4) is 0 Å². The Morgan fingerprint density at radius 3 is 2.80 bits per heavy atom. The third-order valence-corrected chi connectivity index (χ3v) is 3.90. The van der Waals surface area contributed by atoms with E-state index in [4.69, 9.17) is 5.73 Å². The van der Waals surface area contributed by atoms with E-state index in [2.05, 4.69) is 6.92 Å². The molecule has 0 radical (unpaired) electrons. The molecule has 0 spiro atoms. The summed E-state index contributed by atoms with van der Waals surface area (Å²) in [4.78, 5) is 14.6. The van der Waals surface area contributed by atoms with E-state index in [1.54, 1.807) is 0 Å². The van der Waals surface area contributed by atoms with Gasteiger partial charge in [-0.1, -0.05) is 37.3 Å². The zero-order chi connectivity index (χ0) is 14.1. The summed E-state index contributed by atoms with van der Waals surface area (Å²) in [5, 5.41) is 0. The molecule has 0 saturated carbocycles. The number of aryl methyl sites for hydroxylation is 1. The van der Waals surface area contributed by atoms with Gasteiger partial charge in [0.2, 0.25) is 0 Å². The lowest BCUT2D eigenvalue weighted by molar-refractivity contribution is 0.0988. The molecule has 0 aliphatic carbocycles. The van der Waals surface area contributed by atoms with Gasteiger partial charge in [0.05, 0.1) is 11.4 Å². The maximum Gasteiger partial charge on any atom is 0.258 e. The van der Waals surface area contributed by atoms with Crippen LogP contribution in [0.4, 0.5) is 11.4 Å². The van der Waals surface area contributed by atoms with Crippen molar-refractivity contribution in [3.63, 3.8) is 0 Å². The van der Waals surface area contributed by atoms with Crippen LogP contribution in [0.2, 0.25) is 0 Å². The molecule has 2 N–H and O–H groups in total. The van der Waals surface area contributed by atoms with Gasteiger partial charge in [-0.05, 0) is 36.1 Å². The number of para-hydroxylation sites is 1. The van der Waals surface area contributed by atoms with E-state index in [9.17, 15) is 4.79 Å². The average Bonchev–Trinajstić information content (AvgIpc) is 2.92. The molecule has 0 aromatic heterocycles. The number of nitrogen functional groups attached to an aromatic ring is 1. The Hall–Kier alpha value is -2.29. The zero-order valence-corrected chi connectivity index (χ0v) is 11.6. The number of carbonyl (C=O) groups is 1. The number of anilines is 2. The number of benzene rings is 2. The number of rotatable bonds is 2. The number of carbonyl (C=O) groups excluding carboxylic acids is 1. The molecule has 3 heteroatoms. The van der Waals surface area contributed by atoms with Gasteiger partial charge < -0.3 is 10.6 Å². The highest BCUT2D eigenvalue weighted by Gasteiger charge is 2.28. The standard InChI is InChI=1S/C17H18N2O/c1-2-12-6-3-4-8-14(12)17(20)19-11-10-13-7-5-9-15(18)16(13)19/h3-9H,2,10-11,18H2,1H3. The van der Waals surface area contributed by atoms with Gasteiger partial charge in [-0.3, -0.25) is 4.79 Å². The summed E-state index contributed by atoms with van der Waals surface area (Å²) in [5.41, 5.74) is 10.7. The fourth-order valence-corrected chi connectivity index (χ4v) is 2.87. The summed E-state index contributed by atoms with van der Waals surface area (Å²) in [7, 11) is 0. The Bertz CT molecular complexity index is 664. The highest BCUT2D eigenvalue weighted by atomic mass is 16.2. The van der Waals surface area contributed by atoms with Crippen LogP contribution < -0.4 is 10.6 Å². The van der Waals surface area contributed by atoms with Crippen LogP contribution in [-0.4, -0.2) is 12.5 Å². The van der Waals surface area contributed by atoms with Crippen LogP contribution in [0, 0.1) is 0 Å². The van der Waals surface area contributed by atoms with E-state index >= 15 is 0 Å². The van der Waals surface area contributed by atoms with Crippen molar-refractivity contribution >= 4 is 17.3 Å². The fourth-order valence-electron chi connectivity index (χ4n) is 2.87. The highest BCUT2D eigenvalue weighted by molar-refractivity contribution is 6.09. The predicted molar refractivity (Wildman–Crippen MR) is 82.1 cm³/mol. The summed E-state index contributed by atoms with van der Waals surface area (Å²) in [6.07, 6.45) is 1.73. The number of fused-ring (bicyclic) bond motifs is 1. The quantitative estimate of drug-likeness (QED) is 0.849. The van der Waals surface area contributed by atoms with E-state index in [1.807, 2.05) is 47.4 Å². The number of amides is 1. The number of nitrogens with two attached hydrogens (primary N) is 1. The smallest absolute Gasteiger partial charge is 0.258 e. The molecule has 1 heterocycles. The molecular formula is C17H18N2O. The molecule has 102 valence electrons. The zero-order valence-electron chi connectivity index (χ0n) is 11.6. The minimum Gasteiger partial charge on any atom is -0.397 e. The average molecular weight is 266 g/mol. The molecule has 3 nitrogen and oxygen atoms in total. The molecule has 0 fully saturated rings. The molecule has 0 atom stereocenters. The molecule has 3 rings (SSSR count). The first kappa shape index (κ1) is 12.7. The van der Waals surface area contributed by atoms with Crippen LogP contribution in [0.15, 0.2) is 42.5 Å². The van der Waals surface area contributed by atoms with E-state index in [0.29, 0.717) is 12.2 Å². The lowest BCUT2D eigenvalue weighted by Crippen LogP contribution is -2.30. The topological polar surface area (TPSA) is 46.3 Å². The molecule has 2 aromatic rings. The van der Waals surface area contributed by atoms with Crippen LogP contribution >= 0.6 is 0 Å². The second-order valence-corrected chi connectivity index (χ2v) is 5.07. The molecule has 2 aromatic carbocycles. The number of nitrogens with zero attached hydrogens (tertiary/aromatic N) is 1. The van der Waals surface area contributed by atoms with Gasteiger partial charge in [0.15, 0.2) is 0 Å². The van der Waals surface area contributed by atoms with Crippen molar-refractivity contribution in [1.82, 2.24) is 0 Å². The van der Waals surface area contributed by atoms with Crippen molar-refractivity contribution in [2.45, 2.75) is 19.8 Å². The lowest BCUT2D eigenvalue weighted by Gasteiger charge is -2.20. The third kappa shape index (κ3) is 1.95. The molecule has 20 heavy (non-hydrogen) atoms. The summed E-state index contributed by atoms with van der Waals surface area (Å²) >= 11 is 0. The van der Waals surface area contributed by atoms with Gasteiger partial charge in [0, 0.05) is 12.1 Å². The predicted octanol–water partition coefficient (Wildman–Crippen LogP) is 3.03. The van der Waals surface area contributed by atoms with Gasteiger partial charge >= 0.3 is 0 Å². The minimum atomic E-state index is 0.0547. The van der Waals surface area contributed by atoms with Gasteiger partial charge in [-0.2, -0.15) is 0 Å². The molecule has 1 aliphatic heterocycles. The minimum absolute atomic E-state index is 0.0547. The Labute approximate surface area is 119 Å². The SMILES string of the molecule is CCc1ccccc1C(=O)N1CCc2cccc(N)c21. The molecule has 0 bridgehead atoms. The Morgan fingerprint density at radius 1 is 1.20 bits per heavy atom. The lowest BCUT2D eigenvalue weighted by atomic mass is 10.0. The van der Waals surface area contributed by atoms with E-state index < -0.39 is 0 Å². The Morgan fingerprint density at radius 2 is 2.00 bits per heavy atom. The van der Waals surface area contributed by atoms with E-state index in [1.165, 1.54) is 0 Å². The van der Waals surface area contributed by atoms with Gasteiger partial charge in [0.1, 0.15) is 0 Å². The van der Waals surface area contributed by atoms with Crippen LogP contribution in [-0.2, 0) is 12.8 Å². The van der Waals surface area contributed by atoms with Gasteiger partial charge in [-0.25, -0.2) is 0 Å². The summed E-state index contributed by atoms with van der Waals surface area (Å²) < 4.78 is 0. The van der Waals surface area contributed by atoms with E-state index in [-0.39, 0.29) is 5.91 Å². The molecule has 1 aliphatic rings. The van der Waals surface area contributed by atoms with Gasteiger partial charge in [0.25, 0.3) is 5.91 Å². The largest absolute Gasteiger partial charge is 0.397 e. The summed E-state index contributed by atoms with van der Waals surface area (Å²) in [6.45, 7) is 2.78. The summed E-state index contributed by atoms with van der Waals surface area (Å²) in [6, 6.07) is 13.7. The number of hydrogen-bond donors (Lipinski definition) is 1. The molecule has 0 saturated heterocycles. The van der Waals surface area contributed by atoms with Crippen LogP contribution in [0.3, 0.4) is 0 Å². The van der Waals surface area contributed by atoms with Crippen LogP contribution in [0.25, 0.3) is 0 Å². The molecular weight excluding hydrogens is 248 g/mol. The van der Waals surface area contributed by atoms with Crippen molar-refractivity contribution in [1.29, 1.82) is 0 Å². The maximum atomic E-state index is 12.8. The first-order valence-electron chi connectivity index (χ1n) is 6.99. The first-order chi connectivity index (χ1) is 9.72. The van der Waals surface area contributed by atoms with Crippen LogP contribution in [0.1, 0.15) is 28.4 Å². The Kier molecular flexibility index (Phi) is 3.18. The van der Waals surface area contributed by atoms with E-state index in [0.717, 1.165) is 35.2 Å². The van der Waals surface area contributed by atoms with Crippen molar-refractivity contribution in [2.24, 2.45) is 0 Å². The van der Waals surface area contributed by atoms with Crippen molar-refractivity contribution < 1.29 is 4.79 Å². The van der Waals surface area contributed by atoms with Crippen LogP contribution in [0.5, 0.6) is 0 Å². The second kappa shape index (κ2) is 5.00.